The van der Waals surface area contributed by atoms with E-state index < -0.39 is 11.0 Å². The van der Waals surface area contributed by atoms with Crippen molar-refractivity contribution in [2.75, 3.05) is 36.9 Å². The van der Waals surface area contributed by atoms with E-state index in [1.54, 1.807) is 6.92 Å². The van der Waals surface area contributed by atoms with Crippen molar-refractivity contribution < 1.29 is 14.5 Å². The molecule has 1 atom stereocenters. The predicted octanol–water partition coefficient (Wildman–Crippen LogP) is -0.692. The maximum Gasteiger partial charge on any atom is 0.329 e. The Balaban J connectivity index is 2.39. The average molecular weight is 296 g/mol. The molecule has 1 aromatic rings. The fourth-order valence-electron chi connectivity index (χ4n) is 2.09. The van der Waals surface area contributed by atoms with Crippen LogP contribution in [0.1, 0.15) is 6.92 Å². The summed E-state index contributed by atoms with van der Waals surface area (Å²) in [4.78, 5) is 31.7. The van der Waals surface area contributed by atoms with Gasteiger partial charge in [0.25, 0.3) is 0 Å². The van der Waals surface area contributed by atoms with Gasteiger partial charge in [-0.2, -0.15) is 4.98 Å². The third-order valence-electron chi connectivity index (χ3n) is 3.02. The number of anilines is 2. The largest absolute Gasteiger partial charge is 0.377 e. The maximum absolute atomic E-state index is 12.1. The Morgan fingerprint density at radius 3 is 3.14 bits per heavy atom. The Bertz CT molecular complexity index is 552. The average Bonchev–Trinajstić information content (AvgIpc) is 2.47. The van der Waals surface area contributed by atoms with Crippen LogP contribution in [-0.4, -0.2) is 53.1 Å². The van der Waals surface area contributed by atoms with Crippen LogP contribution in [0.5, 0.6) is 0 Å². The number of nitrogens with zero attached hydrogens (tertiary/aromatic N) is 4. The lowest BCUT2D eigenvalue weighted by atomic mass is 10.2. The van der Waals surface area contributed by atoms with Crippen molar-refractivity contribution in [3.8, 4) is 0 Å². The van der Waals surface area contributed by atoms with Crippen LogP contribution < -0.4 is 16.0 Å². The molecule has 3 N–H and O–H groups in total. The Morgan fingerprint density at radius 2 is 2.48 bits per heavy atom. The number of rotatable bonds is 4. The molecule has 1 aliphatic heterocycles. The van der Waals surface area contributed by atoms with Gasteiger partial charge in [0.1, 0.15) is 12.2 Å². The van der Waals surface area contributed by atoms with Gasteiger partial charge < -0.3 is 20.7 Å². The highest BCUT2D eigenvalue weighted by molar-refractivity contribution is 5.86. The van der Waals surface area contributed by atoms with E-state index in [-0.39, 0.29) is 30.0 Å². The molecule has 0 radical (unpaired) electrons. The first-order valence-corrected chi connectivity index (χ1v) is 6.43. The minimum absolute atomic E-state index is 0.0343. The minimum atomic E-state index is -0.688. The molecule has 0 bridgehead atoms. The van der Waals surface area contributed by atoms with Gasteiger partial charge in [-0.25, -0.2) is 4.98 Å². The zero-order chi connectivity index (χ0) is 15.4. The molecule has 1 unspecified atom stereocenters. The number of aromatic nitrogens is 2. The summed E-state index contributed by atoms with van der Waals surface area (Å²) in [6.07, 6.45) is 1.04. The number of hydrogen-bond acceptors (Lipinski definition) is 8. The van der Waals surface area contributed by atoms with Gasteiger partial charge in [0.2, 0.25) is 17.7 Å². The van der Waals surface area contributed by atoms with Crippen LogP contribution in [0.4, 0.5) is 17.5 Å². The summed E-state index contributed by atoms with van der Waals surface area (Å²) in [7, 11) is 0. The van der Waals surface area contributed by atoms with Gasteiger partial charge in [0.15, 0.2) is 0 Å². The molecular formula is C11H16N6O4. The fraction of sp³-hybridized carbons (Fsp3) is 0.545. The quantitative estimate of drug-likeness (QED) is 0.550. The zero-order valence-corrected chi connectivity index (χ0v) is 11.5. The lowest BCUT2D eigenvalue weighted by Gasteiger charge is -2.34. The van der Waals surface area contributed by atoms with E-state index in [1.165, 1.54) is 4.90 Å². The first-order chi connectivity index (χ1) is 10.0. The lowest BCUT2D eigenvalue weighted by Crippen LogP contribution is -2.54. The molecular weight excluding hydrogens is 280 g/mol. The molecule has 1 aliphatic rings. The molecule has 0 aromatic carbocycles. The second-order valence-electron chi connectivity index (χ2n) is 4.37. The Labute approximate surface area is 120 Å². The number of morpholine rings is 1. The molecule has 1 saturated heterocycles. The van der Waals surface area contributed by atoms with Gasteiger partial charge in [-0.3, -0.25) is 14.9 Å². The van der Waals surface area contributed by atoms with E-state index in [4.69, 9.17) is 10.5 Å². The van der Waals surface area contributed by atoms with Crippen LogP contribution in [0.3, 0.4) is 0 Å². The number of nitrogen functional groups attached to an aromatic ring is 1. The van der Waals surface area contributed by atoms with Crippen molar-refractivity contribution in [3.05, 3.63) is 16.3 Å². The van der Waals surface area contributed by atoms with E-state index >= 15 is 0 Å². The monoisotopic (exact) mass is 296 g/mol. The van der Waals surface area contributed by atoms with Crippen LogP contribution in [0.25, 0.3) is 0 Å². The molecule has 0 spiro atoms. The zero-order valence-electron chi connectivity index (χ0n) is 11.5. The van der Waals surface area contributed by atoms with E-state index in [0.717, 1.165) is 6.20 Å². The number of nitro groups is 1. The van der Waals surface area contributed by atoms with Crippen molar-refractivity contribution >= 4 is 23.4 Å². The minimum Gasteiger partial charge on any atom is -0.377 e. The van der Waals surface area contributed by atoms with Gasteiger partial charge in [0.05, 0.1) is 18.1 Å². The Morgan fingerprint density at radius 1 is 1.71 bits per heavy atom. The second kappa shape index (κ2) is 6.31. The first-order valence-electron chi connectivity index (χ1n) is 6.43. The fourth-order valence-corrected chi connectivity index (χ4v) is 2.09. The third kappa shape index (κ3) is 3.16. The van der Waals surface area contributed by atoms with Gasteiger partial charge in [-0.05, 0) is 6.92 Å². The van der Waals surface area contributed by atoms with E-state index in [9.17, 15) is 14.9 Å². The molecule has 114 valence electrons. The van der Waals surface area contributed by atoms with Crippen molar-refractivity contribution in [2.24, 2.45) is 0 Å². The van der Waals surface area contributed by atoms with Crippen LogP contribution in [0, 0.1) is 10.1 Å². The van der Waals surface area contributed by atoms with Gasteiger partial charge >= 0.3 is 5.69 Å². The molecule has 21 heavy (non-hydrogen) atoms. The van der Waals surface area contributed by atoms with E-state index in [1.807, 2.05) is 0 Å². The summed E-state index contributed by atoms with van der Waals surface area (Å²) in [6.45, 7) is 3.02. The highest BCUT2D eigenvalue weighted by Crippen LogP contribution is 2.28. The summed E-state index contributed by atoms with van der Waals surface area (Å²) in [5, 5.41) is 13.8. The number of ether oxygens (including phenoxy) is 1. The number of hydrogen-bond donors (Lipinski definition) is 2. The smallest absolute Gasteiger partial charge is 0.329 e. The summed E-state index contributed by atoms with van der Waals surface area (Å²) in [5.74, 6) is -0.326. The number of likely N-dealkylation sites (N-methyl/N-ethyl adjacent to an activating group) is 1. The van der Waals surface area contributed by atoms with Crippen LogP contribution >= 0.6 is 0 Å². The number of nitrogens with two attached hydrogens (primary N) is 1. The van der Waals surface area contributed by atoms with Crippen LogP contribution in [0.2, 0.25) is 0 Å². The molecule has 10 heteroatoms. The standard InChI is InChI=1S/C11H16N6O4/c1-2-13-10(18)8-6-21-4-3-16(8)9-7(17(19)20)5-14-11(12)15-9/h5,8H,2-4,6H2,1H3,(H,13,18)(H2,12,14,15). The molecule has 2 heterocycles. The molecule has 1 fully saturated rings. The predicted molar refractivity (Wildman–Crippen MR) is 73.7 cm³/mol. The molecule has 0 saturated carbocycles. The lowest BCUT2D eigenvalue weighted by molar-refractivity contribution is -0.384. The number of carbonyl (C=O) groups excluding carboxylic acids is 1. The second-order valence-corrected chi connectivity index (χ2v) is 4.37. The summed E-state index contributed by atoms with van der Waals surface area (Å²) < 4.78 is 5.28. The van der Waals surface area contributed by atoms with Crippen molar-refractivity contribution in [3.63, 3.8) is 0 Å². The highest BCUT2D eigenvalue weighted by atomic mass is 16.6. The summed E-state index contributed by atoms with van der Waals surface area (Å²) in [6, 6.07) is -0.688. The van der Waals surface area contributed by atoms with Gasteiger partial charge in [0, 0.05) is 13.1 Å². The third-order valence-corrected chi connectivity index (χ3v) is 3.02. The Kier molecular flexibility index (Phi) is 4.48. The molecule has 1 aromatic heterocycles. The van der Waals surface area contributed by atoms with Crippen molar-refractivity contribution in [1.29, 1.82) is 0 Å². The molecule has 2 rings (SSSR count). The topological polar surface area (TPSA) is 137 Å². The number of carbonyl (C=O) groups is 1. The Hall–Kier alpha value is -2.49. The van der Waals surface area contributed by atoms with E-state index in [2.05, 4.69) is 15.3 Å². The SMILES string of the molecule is CCNC(=O)C1COCCN1c1nc(N)ncc1[N+](=O)[O-]. The molecule has 1 amide bonds. The molecule has 0 aliphatic carbocycles. The summed E-state index contributed by atoms with van der Waals surface area (Å²) >= 11 is 0. The van der Waals surface area contributed by atoms with Crippen molar-refractivity contribution in [1.82, 2.24) is 15.3 Å². The highest BCUT2D eigenvalue weighted by Gasteiger charge is 2.34. The van der Waals surface area contributed by atoms with Crippen LogP contribution in [0.15, 0.2) is 6.20 Å². The first kappa shape index (κ1) is 14.9. The van der Waals surface area contributed by atoms with Gasteiger partial charge in [-0.15, -0.1) is 0 Å². The maximum atomic E-state index is 12.1. The van der Waals surface area contributed by atoms with E-state index in [0.29, 0.717) is 19.7 Å². The van der Waals surface area contributed by atoms with Crippen molar-refractivity contribution in [2.45, 2.75) is 13.0 Å². The summed E-state index contributed by atoms with van der Waals surface area (Å²) in [5.41, 5.74) is 5.22. The molecule has 10 nitrogen and oxygen atoms in total. The number of amides is 1. The number of nitrogens with one attached hydrogen (secondary N) is 1. The van der Waals surface area contributed by atoms with Crippen LogP contribution in [-0.2, 0) is 9.53 Å². The van der Waals surface area contributed by atoms with Gasteiger partial charge in [-0.1, -0.05) is 0 Å². The normalized spacial score (nSPS) is 18.3.